The summed E-state index contributed by atoms with van der Waals surface area (Å²) in [4.78, 5) is 0. The lowest BCUT2D eigenvalue weighted by Gasteiger charge is -2.02. The van der Waals surface area contributed by atoms with E-state index in [-0.39, 0.29) is 0 Å². The SMILES string of the molecule is CCCCCCCCCC[P]CCCCCC. The van der Waals surface area contributed by atoms with Crippen LogP contribution >= 0.6 is 8.58 Å². The highest BCUT2D eigenvalue weighted by atomic mass is 31.1. The molecule has 17 heavy (non-hydrogen) atoms. The van der Waals surface area contributed by atoms with Crippen LogP contribution in [-0.2, 0) is 0 Å². The molecule has 0 aromatic heterocycles. The van der Waals surface area contributed by atoms with Gasteiger partial charge in [-0.05, 0) is 25.2 Å². The third-order valence-electron chi connectivity index (χ3n) is 3.34. The van der Waals surface area contributed by atoms with Crippen molar-refractivity contribution in [3.05, 3.63) is 0 Å². The van der Waals surface area contributed by atoms with E-state index in [1.165, 1.54) is 89.4 Å². The normalized spacial score (nSPS) is 11.6. The molecule has 0 aliphatic heterocycles. The largest absolute Gasteiger partial charge is 0.0810 e. The zero-order valence-corrected chi connectivity index (χ0v) is 13.2. The smallest absolute Gasteiger partial charge is 0.0287 e. The van der Waals surface area contributed by atoms with Gasteiger partial charge in [0.25, 0.3) is 0 Å². The molecule has 0 bridgehead atoms. The summed E-state index contributed by atoms with van der Waals surface area (Å²) in [5.74, 6) is 0. The highest BCUT2D eigenvalue weighted by Crippen LogP contribution is 2.17. The third kappa shape index (κ3) is 16.4. The van der Waals surface area contributed by atoms with E-state index in [0.717, 1.165) is 0 Å². The Balaban J connectivity index is 2.85. The molecule has 0 saturated heterocycles. The van der Waals surface area contributed by atoms with Crippen LogP contribution in [0.2, 0.25) is 0 Å². The van der Waals surface area contributed by atoms with Gasteiger partial charge >= 0.3 is 0 Å². The summed E-state index contributed by atoms with van der Waals surface area (Å²) >= 11 is 0. The van der Waals surface area contributed by atoms with Crippen molar-refractivity contribution >= 4 is 8.58 Å². The zero-order chi connectivity index (χ0) is 12.6. The van der Waals surface area contributed by atoms with Crippen molar-refractivity contribution in [2.75, 3.05) is 12.3 Å². The lowest BCUT2D eigenvalue weighted by atomic mass is 10.1. The summed E-state index contributed by atoms with van der Waals surface area (Å²) in [6, 6.07) is 0. The number of hydrogen-bond donors (Lipinski definition) is 0. The summed E-state index contributed by atoms with van der Waals surface area (Å²) in [6.07, 6.45) is 20.3. The fraction of sp³-hybridized carbons (Fsp3) is 1.00. The molecule has 0 rings (SSSR count). The van der Waals surface area contributed by atoms with Crippen LogP contribution in [-0.4, -0.2) is 12.3 Å². The minimum absolute atomic E-state index is 1.37. The Morgan fingerprint density at radius 3 is 1.29 bits per heavy atom. The van der Waals surface area contributed by atoms with E-state index < -0.39 is 0 Å². The molecule has 0 aromatic rings. The zero-order valence-electron chi connectivity index (χ0n) is 12.3. The van der Waals surface area contributed by atoms with Crippen molar-refractivity contribution in [3.63, 3.8) is 0 Å². The topological polar surface area (TPSA) is 0 Å². The molecule has 0 spiro atoms. The van der Waals surface area contributed by atoms with Crippen molar-refractivity contribution in [2.24, 2.45) is 0 Å². The van der Waals surface area contributed by atoms with Crippen LogP contribution in [0.3, 0.4) is 0 Å². The molecular formula is C16H34P. The van der Waals surface area contributed by atoms with Crippen molar-refractivity contribution < 1.29 is 0 Å². The second kappa shape index (κ2) is 16.4. The maximum absolute atomic E-state index is 2.29. The molecule has 1 radical (unpaired) electrons. The van der Waals surface area contributed by atoms with Gasteiger partial charge in [-0.1, -0.05) is 86.6 Å². The molecule has 0 saturated carbocycles. The summed E-state index contributed by atoms with van der Waals surface area (Å²) < 4.78 is 0. The van der Waals surface area contributed by atoms with Crippen molar-refractivity contribution in [1.29, 1.82) is 0 Å². The lowest BCUT2D eigenvalue weighted by molar-refractivity contribution is 0.586. The molecule has 103 valence electrons. The predicted molar refractivity (Wildman–Crippen MR) is 83.4 cm³/mol. The highest BCUT2D eigenvalue weighted by molar-refractivity contribution is 7.37. The van der Waals surface area contributed by atoms with Gasteiger partial charge in [0.2, 0.25) is 0 Å². The average molecular weight is 257 g/mol. The fourth-order valence-corrected chi connectivity index (χ4v) is 3.24. The molecule has 0 nitrogen and oxygen atoms in total. The summed E-state index contributed by atoms with van der Waals surface area (Å²) in [6.45, 7) is 4.58. The number of unbranched alkanes of at least 4 members (excludes halogenated alkanes) is 10. The quantitative estimate of drug-likeness (QED) is 0.241. The Kier molecular flexibility index (Phi) is 16.8. The van der Waals surface area contributed by atoms with Gasteiger partial charge in [0.05, 0.1) is 0 Å². The van der Waals surface area contributed by atoms with Crippen LogP contribution in [0.25, 0.3) is 0 Å². The first-order valence-electron chi connectivity index (χ1n) is 8.05. The van der Waals surface area contributed by atoms with Gasteiger partial charge in [0.15, 0.2) is 0 Å². The standard InChI is InChI=1S/C16H34P/c1-3-5-7-9-10-11-12-14-16-17-15-13-8-6-4-2/h3-16H2,1-2H3. The second-order valence-corrected chi connectivity index (χ2v) is 6.55. The highest BCUT2D eigenvalue weighted by Gasteiger charge is 1.93. The first kappa shape index (κ1) is 17.4. The van der Waals surface area contributed by atoms with Gasteiger partial charge in [-0.2, -0.15) is 0 Å². The van der Waals surface area contributed by atoms with E-state index in [2.05, 4.69) is 13.8 Å². The average Bonchev–Trinajstić information content (AvgIpc) is 2.35. The van der Waals surface area contributed by atoms with E-state index in [0.29, 0.717) is 0 Å². The van der Waals surface area contributed by atoms with E-state index in [9.17, 15) is 0 Å². The molecule has 0 atom stereocenters. The Bertz CT molecular complexity index is 109. The molecule has 0 amide bonds. The Morgan fingerprint density at radius 1 is 0.471 bits per heavy atom. The molecule has 0 aliphatic rings. The molecular weight excluding hydrogens is 223 g/mol. The third-order valence-corrected chi connectivity index (χ3v) is 4.60. The first-order valence-corrected chi connectivity index (χ1v) is 9.31. The predicted octanol–water partition coefficient (Wildman–Crippen LogP) is 6.65. The number of hydrogen-bond acceptors (Lipinski definition) is 0. The van der Waals surface area contributed by atoms with Crippen molar-refractivity contribution in [1.82, 2.24) is 0 Å². The van der Waals surface area contributed by atoms with Gasteiger partial charge < -0.3 is 0 Å². The van der Waals surface area contributed by atoms with E-state index in [4.69, 9.17) is 0 Å². The minimum atomic E-state index is 1.37. The molecule has 0 fully saturated rings. The lowest BCUT2D eigenvalue weighted by Crippen LogP contribution is -1.84. The molecule has 0 aliphatic carbocycles. The molecule has 0 aromatic carbocycles. The van der Waals surface area contributed by atoms with Gasteiger partial charge in [-0.25, -0.2) is 0 Å². The van der Waals surface area contributed by atoms with Gasteiger partial charge in [-0.15, -0.1) is 0 Å². The van der Waals surface area contributed by atoms with Crippen molar-refractivity contribution in [3.8, 4) is 0 Å². The monoisotopic (exact) mass is 257 g/mol. The fourth-order valence-electron chi connectivity index (χ4n) is 2.12. The summed E-state index contributed by atoms with van der Waals surface area (Å²) in [7, 11) is 1.72. The van der Waals surface area contributed by atoms with Crippen molar-refractivity contribution in [2.45, 2.75) is 90.9 Å². The van der Waals surface area contributed by atoms with E-state index in [1.54, 1.807) is 8.58 Å². The Hall–Kier alpha value is 0.430. The summed E-state index contributed by atoms with van der Waals surface area (Å²) in [5.41, 5.74) is 0. The van der Waals surface area contributed by atoms with Gasteiger partial charge in [0.1, 0.15) is 0 Å². The summed E-state index contributed by atoms with van der Waals surface area (Å²) in [5, 5.41) is 0. The van der Waals surface area contributed by atoms with Gasteiger partial charge in [0, 0.05) is 0 Å². The van der Waals surface area contributed by atoms with Crippen LogP contribution in [0, 0.1) is 0 Å². The minimum Gasteiger partial charge on any atom is -0.0810 e. The molecule has 1 heteroatoms. The first-order chi connectivity index (χ1) is 8.41. The molecule has 0 N–H and O–H groups in total. The maximum atomic E-state index is 2.29. The Labute approximate surface area is 112 Å². The van der Waals surface area contributed by atoms with Crippen LogP contribution in [0.5, 0.6) is 0 Å². The molecule has 0 unspecified atom stereocenters. The molecule has 0 heterocycles. The van der Waals surface area contributed by atoms with Crippen LogP contribution < -0.4 is 0 Å². The van der Waals surface area contributed by atoms with Crippen LogP contribution in [0.4, 0.5) is 0 Å². The maximum Gasteiger partial charge on any atom is -0.0287 e. The second-order valence-electron chi connectivity index (χ2n) is 5.21. The van der Waals surface area contributed by atoms with Crippen LogP contribution in [0.1, 0.15) is 90.9 Å². The van der Waals surface area contributed by atoms with Crippen LogP contribution in [0.15, 0.2) is 0 Å². The van der Waals surface area contributed by atoms with E-state index >= 15 is 0 Å². The van der Waals surface area contributed by atoms with Gasteiger partial charge in [-0.3, -0.25) is 0 Å². The Morgan fingerprint density at radius 2 is 0.824 bits per heavy atom. The number of rotatable bonds is 14. The van der Waals surface area contributed by atoms with E-state index in [1.807, 2.05) is 0 Å².